The monoisotopic (exact) mass is 450 g/mol. The van der Waals surface area contributed by atoms with Crippen LogP contribution in [0.1, 0.15) is 0 Å². The van der Waals surface area contributed by atoms with Crippen molar-refractivity contribution in [2.75, 3.05) is 4.90 Å². The Kier molecular flexibility index (Phi) is 4.46. The van der Waals surface area contributed by atoms with E-state index >= 15 is 0 Å². The molecule has 0 N–H and O–H groups in total. The molecule has 0 unspecified atom stereocenters. The van der Waals surface area contributed by atoms with Crippen molar-refractivity contribution in [3.8, 4) is 5.69 Å². The summed E-state index contributed by atoms with van der Waals surface area (Å²) >= 11 is 0. The zero-order chi connectivity index (χ0) is 23.2. The molecule has 0 bridgehead atoms. The lowest BCUT2D eigenvalue weighted by Gasteiger charge is -2.25. The number of nitrogens with zero attached hydrogens (tertiary/aromatic N) is 2. The first-order chi connectivity index (χ1) is 17.4. The molecule has 7 aromatic rings. The van der Waals surface area contributed by atoms with Crippen molar-refractivity contribution in [3.63, 3.8) is 0 Å². The Morgan fingerprint density at radius 2 is 1.11 bits per heavy atom. The molecule has 0 spiro atoms. The van der Waals surface area contributed by atoms with Gasteiger partial charge in [0.05, 0.1) is 10.9 Å². The van der Waals surface area contributed by atoms with Crippen LogP contribution < -0.4 is 4.90 Å². The highest BCUT2D eigenvalue weighted by Gasteiger charge is 2.20. The molecule has 7 rings (SSSR count). The Bertz CT molecular complexity index is 1740. The van der Waals surface area contributed by atoms with Crippen molar-refractivity contribution in [1.82, 2.24) is 4.57 Å². The maximum atomic E-state index is 6.51. The van der Waals surface area contributed by atoms with Gasteiger partial charge >= 0.3 is 0 Å². The van der Waals surface area contributed by atoms with Crippen molar-refractivity contribution in [1.29, 1.82) is 0 Å². The van der Waals surface area contributed by atoms with Crippen LogP contribution in [0.5, 0.6) is 0 Å². The zero-order valence-corrected chi connectivity index (χ0v) is 19.0. The molecule has 35 heavy (non-hydrogen) atoms. The molecule has 3 heteroatoms. The second-order valence-corrected chi connectivity index (χ2v) is 8.66. The second-order valence-electron chi connectivity index (χ2n) is 8.66. The van der Waals surface area contributed by atoms with Crippen LogP contribution in [0, 0.1) is 0 Å². The molecule has 0 saturated heterocycles. The van der Waals surface area contributed by atoms with Crippen molar-refractivity contribution < 1.29 is 4.42 Å². The summed E-state index contributed by atoms with van der Waals surface area (Å²) in [5, 5.41) is 3.44. The van der Waals surface area contributed by atoms with Gasteiger partial charge in [0.2, 0.25) is 5.71 Å². The number of rotatable bonds is 4. The highest BCUT2D eigenvalue weighted by molar-refractivity contribution is 6.20. The van der Waals surface area contributed by atoms with E-state index in [0.29, 0.717) is 0 Å². The minimum Gasteiger partial charge on any atom is -0.439 e. The molecule has 0 radical (unpaired) electrons. The van der Waals surface area contributed by atoms with E-state index in [1.807, 2.05) is 18.2 Å². The normalized spacial score (nSPS) is 11.4. The van der Waals surface area contributed by atoms with E-state index in [1.165, 1.54) is 5.39 Å². The van der Waals surface area contributed by atoms with Crippen molar-refractivity contribution in [2.45, 2.75) is 0 Å². The molecule has 0 saturated carbocycles. The van der Waals surface area contributed by atoms with Gasteiger partial charge < -0.3 is 9.32 Å². The summed E-state index contributed by atoms with van der Waals surface area (Å²) in [6, 6.07) is 46.4. The van der Waals surface area contributed by atoms with Gasteiger partial charge in [-0.25, -0.2) is 0 Å². The van der Waals surface area contributed by atoms with Crippen LogP contribution in [0.2, 0.25) is 0 Å². The highest BCUT2D eigenvalue weighted by Crippen LogP contribution is 2.42. The number of benzene rings is 5. The first-order valence-corrected chi connectivity index (χ1v) is 11.8. The summed E-state index contributed by atoms with van der Waals surface area (Å²) < 4.78 is 8.73. The van der Waals surface area contributed by atoms with Gasteiger partial charge in [-0.15, -0.1) is 0 Å². The maximum absolute atomic E-state index is 6.51. The van der Waals surface area contributed by atoms with E-state index in [2.05, 4.69) is 125 Å². The van der Waals surface area contributed by atoms with E-state index in [0.717, 1.165) is 50.3 Å². The Morgan fingerprint density at radius 3 is 1.80 bits per heavy atom. The van der Waals surface area contributed by atoms with E-state index in [4.69, 9.17) is 4.42 Å². The molecule has 2 heterocycles. The number of aromatic nitrogens is 1. The quantitative estimate of drug-likeness (QED) is 0.267. The van der Waals surface area contributed by atoms with Gasteiger partial charge in [0.25, 0.3) is 0 Å². The molecule has 0 aliphatic carbocycles. The van der Waals surface area contributed by atoms with Crippen LogP contribution in [0.25, 0.3) is 38.7 Å². The number of anilines is 3. The molecule has 0 aliphatic rings. The molecule has 2 aromatic heterocycles. The summed E-state index contributed by atoms with van der Waals surface area (Å²) in [5.41, 5.74) is 7.31. The number of para-hydroxylation sites is 4. The third-order valence-electron chi connectivity index (χ3n) is 6.57. The van der Waals surface area contributed by atoms with Gasteiger partial charge in [0.15, 0.2) is 0 Å². The molecular weight excluding hydrogens is 428 g/mol. The van der Waals surface area contributed by atoms with E-state index < -0.39 is 0 Å². The predicted octanol–water partition coefficient (Wildman–Crippen LogP) is 9.00. The largest absolute Gasteiger partial charge is 0.439 e. The van der Waals surface area contributed by atoms with Crippen molar-refractivity contribution >= 4 is 50.0 Å². The Labute approximate surface area is 203 Å². The van der Waals surface area contributed by atoms with Crippen molar-refractivity contribution in [2.24, 2.45) is 0 Å². The summed E-state index contributed by atoms with van der Waals surface area (Å²) in [7, 11) is 0. The minimum absolute atomic E-state index is 0.871. The van der Waals surface area contributed by atoms with E-state index in [9.17, 15) is 0 Å². The van der Waals surface area contributed by atoms with Crippen LogP contribution in [-0.4, -0.2) is 4.57 Å². The number of hydrogen-bond acceptors (Lipinski definition) is 2. The summed E-state index contributed by atoms with van der Waals surface area (Å²) in [5.74, 6) is 0. The van der Waals surface area contributed by atoms with Gasteiger partial charge in [-0.2, -0.15) is 0 Å². The predicted molar refractivity (Wildman–Crippen MR) is 145 cm³/mol. The van der Waals surface area contributed by atoms with Gasteiger partial charge in [-0.1, -0.05) is 72.8 Å². The molecule has 3 nitrogen and oxygen atoms in total. The highest BCUT2D eigenvalue weighted by atomic mass is 16.3. The van der Waals surface area contributed by atoms with Gasteiger partial charge in [-0.3, -0.25) is 4.57 Å². The van der Waals surface area contributed by atoms with Crippen LogP contribution in [0.15, 0.2) is 138 Å². The average molecular weight is 451 g/mol. The first kappa shape index (κ1) is 19.7. The summed E-state index contributed by atoms with van der Waals surface area (Å²) in [4.78, 5) is 2.29. The molecule has 5 aromatic carbocycles. The van der Waals surface area contributed by atoms with E-state index in [1.54, 1.807) is 0 Å². The maximum Gasteiger partial charge on any atom is 0.213 e. The molecular formula is C32H22N2O. The third-order valence-corrected chi connectivity index (χ3v) is 6.57. The minimum atomic E-state index is 0.871. The standard InChI is InChI=1S/C32H22N2O/c1-4-12-23(13-5-1)33(24-14-6-2-7-15-24)26-20-21-30-28(22-26)31-27-18-10-11-19-29(27)34(32(31)35-30)25-16-8-3-9-17-25/h1-22H. The zero-order valence-electron chi connectivity index (χ0n) is 19.0. The Hall–Kier alpha value is -4.76. The Balaban J connectivity index is 1.52. The Morgan fingerprint density at radius 1 is 0.514 bits per heavy atom. The van der Waals surface area contributed by atoms with Crippen LogP contribution in [0.3, 0.4) is 0 Å². The van der Waals surface area contributed by atoms with Crippen LogP contribution in [-0.2, 0) is 0 Å². The van der Waals surface area contributed by atoms with Gasteiger partial charge in [0, 0.05) is 33.5 Å². The third kappa shape index (κ3) is 3.13. The van der Waals surface area contributed by atoms with Crippen molar-refractivity contribution in [3.05, 3.63) is 133 Å². The molecule has 0 atom stereocenters. The molecule has 0 aliphatic heterocycles. The van der Waals surface area contributed by atoms with Crippen LogP contribution >= 0.6 is 0 Å². The SMILES string of the molecule is c1ccc(N(c2ccccc2)c2ccc3oc4c(c3c2)c2ccccc2n4-c2ccccc2)cc1. The number of furan rings is 1. The fourth-order valence-electron chi connectivity index (χ4n) is 5.05. The molecule has 0 amide bonds. The van der Waals surface area contributed by atoms with Crippen LogP contribution in [0.4, 0.5) is 17.1 Å². The van der Waals surface area contributed by atoms with Gasteiger partial charge in [-0.05, 0) is 60.7 Å². The fraction of sp³-hybridized carbons (Fsp3) is 0. The number of hydrogen-bond donors (Lipinski definition) is 0. The average Bonchev–Trinajstić information content (AvgIpc) is 3.45. The lowest BCUT2D eigenvalue weighted by atomic mass is 10.1. The van der Waals surface area contributed by atoms with Gasteiger partial charge in [0.1, 0.15) is 5.58 Å². The first-order valence-electron chi connectivity index (χ1n) is 11.8. The smallest absolute Gasteiger partial charge is 0.213 e. The second kappa shape index (κ2) is 7.93. The molecule has 166 valence electrons. The lowest BCUT2D eigenvalue weighted by Crippen LogP contribution is -2.09. The fourth-order valence-corrected chi connectivity index (χ4v) is 5.05. The summed E-state index contributed by atoms with van der Waals surface area (Å²) in [6.45, 7) is 0. The van der Waals surface area contributed by atoms with E-state index in [-0.39, 0.29) is 0 Å². The lowest BCUT2D eigenvalue weighted by molar-refractivity contribution is 0.645. The number of fused-ring (bicyclic) bond motifs is 5. The topological polar surface area (TPSA) is 21.3 Å². The molecule has 0 fully saturated rings. The summed E-state index contributed by atoms with van der Waals surface area (Å²) in [6.07, 6.45) is 0.